The van der Waals surface area contributed by atoms with Gasteiger partial charge in [0.25, 0.3) is 0 Å². The summed E-state index contributed by atoms with van der Waals surface area (Å²) < 4.78 is 7.07. The minimum absolute atomic E-state index is 0.197. The molecule has 1 atom stereocenters. The summed E-state index contributed by atoms with van der Waals surface area (Å²) in [6.07, 6.45) is 2.75. The van der Waals surface area contributed by atoms with Crippen molar-refractivity contribution in [2.75, 3.05) is 13.2 Å². The van der Waals surface area contributed by atoms with Gasteiger partial charge in [-0.25, -0.2) is 4.98 Å². The van der Waals surface area contributed by atoms with E-state index in [2.05, 4.69) is 17.2 Å². The fourth-order valence-electron chi connectivity index (χ4n) is 1.71. The average Bonchev–Trinajstić information content (AvgIpc) is 2.66. The molecule has 0 saturated heterocycles. The summed E-state index contributed by atoms with van der Waals surface area (Å²) in [4.78, 5) is 16.1. The van der Waals surface area contributed by atoms with Gasteiger partial charge in [-0.1, -0.05) is 6.92 Å². The van der Waals surface area contributed by atoms with Crippen molar-refractivity contribution in [3.63, 3.8) is 0 Å². The molecule has 1 aromatic heterocycles. The zero-order valence-electron chi connectivity index (χ0n) is 11.7. The van der Waals surface area contributed by atoms with Crippen LogP contribution in [0.4, 0.5) is 0 Å². The first-order valence-electron chi connectivity index (χ1n) is 6.48. The van der Waals surface area contributed by atoms with Gasteiger partial charge in [0, 0.05) is 12.2 Å². The van der Waals surface area contributed by atoms with E-state index in [4.69, 9.17) is 4.74 Å². The Balaban J connectivity index is 2.71. The van der Waals surface area contributed by atoms with Gasteiger partial charge in [0.15, 0.2) is 0 Å². The number of aromatic nitrogens is 2. The van der Waals surface area contributed by atoms with Gasteiger partial charge in [0.2, 0.25) is 0 Å². The van der Waals surface area contributed by atoms with Crippen molar-refractivity contribution in [2.45, 2.75) is 46.7 Å². The Kier molecular flexibility index (Phi) is 5.85. The van der Waals surface area contributed by atoms with Crippen molar-refractivity contribution in [3.05, 3.63) is 17.7 Å². The number of aryl methyl sites for hydroxylation is 1. The van der Waals surface area contributed by atoms with Gasteiger partial charge in [0.05, 0.1) is 18.6 Å². The molecule has 5 nitrogen and oxygen atoms in total. The fraction of sp³-hybridized carbons (Fsp3) is 0.692. The molecule has 0 aromatic carbocycles. The summed E-state index contributed by atoms with van der Waals surface area (Å²) in [5.74, 6) is -0.197. The van der Waals surface area contributed by atoms with Crippen LogP contribution in [0, 0.1) is 13.8 Å². The zero-order chi connectivity index (χ0) is 13.5. The molecule has 18 heavy (non-hydrogen) atoms. The van der Waals surface area contributed by atoms with Crippen LogP contribution in [0.2, 0.25) is 0 Å². The third-order valence-electron chi connectivity index (χ3n) is 2.94. The summed E-state index contributed by atoms with van der Waals surface area (Å²) in [7, 11) is 0. The first kappa shape index (κ1) is 14.7. The molecule has 1 heterocycles. The topological polar surface area (TPSA) is 56.2 Å². The molecule has 1 unspecified atom stereocenters. The quantitative estimate of drug-likeness (QED) is 0.747. The summed E-state index contributed by atoms with van der Waals surface area (Å²) in [5, 5.41) is 3.22. The first-order valence-corrected chi connectivity index (χ1v) is 6.48. The molecule has 0 aliphatic rings. The van der Waals surface area contributed by atoms with E-state index in [1.807, 2.05) is 25.3 Å². The van der Waals surface area contributed by atoms with Gasteiger partial charge < -0.3 is 14.6 Å². The van der Waals surface area contributed by atoms with E-state index in [1.165, 1.54) is 0 Å². The number of nitrogens with zero attached hydrogens (tertiary/aromatic N) is 2. The van der Waals surface area contributed by atoms with Gasteiger partial charge >= 0.3 is 5.97 Å². The number of carbonyl (C=O) groups excluding carboxylic acids is 1. The highest BCUT2D eigenvalue weighted by atomic mass is 16.5. The number of ether oxygens (including phenoxy) is 1. The van der Waals surface area contributed by atoms with Crippen molar-refractivity contribution < 1.29 is 9.53 Å². The van der Waals surface area contributed by atoms with Crippen molar-refractivity contribution in [1.29, 1.82) is 0 Å². The smallest absolute Gasteiger partial charge is 0.324 e. The Bertz CT molecular complexity index is 388. The average molecular weight is 253 g/mol. The van der Waals surface area contributed by atoms with E-state index in [-0.39, 0.29) is 12.0 Å². The summed E-state index contributed by atoms with van der Waals surface area (Å²) in [5.41, 5.74) is 2.08. The molecule has 1 aromatic rings. The second kappa shape index (κ2) is 7.16. The van der Waals surface area contributed by atoms with Crippen LogP contribution in [0.5, 0.6) is 0 Å². The molecule has 1 N–H and O–H groups in total. The van der Waals surface area contributed by atoms with E-state index in [1.54, 1.807) is 6.33 Å². The Morgan fingerprint density at radius 1 is 1.50 bits per heavy atom. The maximum Gasteiger partial charge on any atom is 0.324 e. The minimum atomic E-state index is -0.308. The van der Waals surface area contributed by atoms with E-state index in [9.17, 15) is 4.79 Å². The molecule has 0 saturated carbocycles. The van der Waals surface area contributed by atoms with Crippen molar-refractivity contribution in [2.24, 2.45) is 0 Å². The molecule has 0 aliphatic heterocycles. The number of rotatable bonds is 7. The lowest BCUT2D eigenvalue weighted by molar-refractivity contribution is -0.146. The SMILES string of the molecule is CCCNC(Cn1cnc(C)c1C)C(=O)OCC. The van der Waals surface area contributed by atoms with Gasteiger partial charge in [0.1, 0.15) is 6.04 Å². The standard InChI is InChI=1S/C13H23N3O2/c1-5-7-14-12(13(17)18-6-2)8-16-9-15-10(3)11(16)4/h9,12,14H,5-8H2,1-4H3. The van der Waals surface area contributed by atoms with Crippen LogP contribution in [0.1, 0.15) is 31.7 Å². The second-order valence-corrected chi connectivity index (χ2v) is 4.33. The van der Waals surface area contributed by atoms with Gasteiger partial charge in [-0.3, -0.25) is 4.79 Å². The number of hydrogen-bond donors (Lipinski definition) is 1. The minimum Gasteiger partial charge on any atom is -0.465 e. The number of hydrogen-bond acceptors (Lipinski definition) is 4. The number of esters is 1. The summed E-state index contributed by atoms with van der Waals surface area (Å²) in [6.45, 7) is 9.63. The highest BCUT2D eigenvalue weighted by Crippen LogP contribution is 2.06. The lowest BCUT2D eigenvalue weighted by Gasteiger charge is -2.18. The molecule has 5 heteroatoms. The lowest BCUT2D eigenvalue weighted by Crippen LogP contribution is -2.41. The Labute approximate surface area is 109 Å². The van der Waals surface area contributed by atoms with E-state index < -0.39 is 0 Å². The monoisotopic (exact) mass is 253 g/mol. The summed E-state index contributed by atoms with van der Waals surface area (Å²) in [6, 6.07) is -0.308. The molecule has 0 fully saturated rings. The predicted molar refractivity (Wildman–Crippen MR) is 70.4 cm³/mol. The van der Waals surface area contributed by atoms with Gasteiger partial charge in [-0.05, 0) is 33.7 Å². The molecular weight excluding hydrogens is 230 g/mol. The fourth-order valence-corrected chi connectivity index (χ4v) is 1.71. The lowest BCUT2D eigenvalue weighted by atomic mass is 10.2. The van der Waals surface area contributed by atoms with Gasteiger partial charge in [-0.2, -0.15) is 0 Å². The maximum absolute atomic E-state index is 11.9. The number of nitrogens with one attached hydrogen (secondary N) is 1. The van der Waals surface area contributed by atoms with Crippen molar-refractivity contribution in [1.82, 2.24) is 14.9 Å². The number of carbonyl (C=O) groups is 1. The van der Waals surface area contributed by atoms with E-state index in [0.29, 0.717) is 13.2 Å². The predicted octanol–water partition coefficient (Wildman–Crippen LogP) is 1.43. The molecule has 0 bridgehead atoms. The highest BCUT2D eigenvalue weighted by molar-refractivity contribution is 5.75. The molecule has 1 rings (SSSR count). The Morgan fingerprint density at radius 3 is 2.72 bits per heavy atom. The van der Waals surface area contributed by atoms with Crippen LogP contribution in [0.3, 0.4) is 0 Å². The van der Waals surface area contributed by atoms with Crippen molar-refractivity contribution >= 4 is 5.97 Å². The van der Waals surface area contributed by atoms with Gasteiger partial charge in [-0.15, -0.1) is 0 Å². The normalized spacial score (nSPS) is 12.4. The van der Waals surface area contributed by atoms with E-state index in [0.717, 1.165) is 24.4 Å². The number of imidazole rings is 1. The Hall–Kier alpha value is -1.36. The highest BCUT2D eigenvalue weighted by Gasteiger charge is 2.20. The van der Waals surface area contributed by atoms with Crippen LogP contribution < -0.4 is 5.32 Å². The zero-order valence-corrected chi connectivity index (χ0v) is 11.7. The van der Waals surface area contributed by atoms with Crippen LogP contribution in [0.15, 0.2) is 6.33 Å². The first-order chi connectivity index (χ1) is 8.60. The Morgan fingerprint density at radius 2 is 2.22 bits per heavy atom. The molecule has 0 amide bonds. The maximum atomic E-state index is 11.9. The van der Waals surface area contributed by atoms with Crippen LogP contribution in [-0.2, 0) is 16.1 Å². The molecule has 102 valence electrons. The molecule has 0 radical (unpaired) electrons. The largest absolute Gasteiger partial charge is 0.465 e. The molecule has 0 spiro atoms. The molecular formula is C13H23N3O2. The summed E-state index contributed by atoms with van der Waals surface area (Å²) >= 11 is 0. The molecule has 0 aliphatic carbocycles. The second-order valence-electron chi connectivity index (χ2n) is 4.33. The van der Waals surface area contributed by atoms with Crippen LogP contribution in [-0.4, -0.2) is 34.7 Å². The van der Waals surface area contributed by atoms with E-state index >= 15 is 0 Å². The third-order valence-corrected chi connectivity index (χ3v) is 2.94. The van der Waals surface area contributed by atoms with Crippen LogP contribution >= 0.6 is 0 Å². The van der Waals surface area contributed by atoms with Crippen molar-refractivity contribution in [3.8, 4) is 0 Å². The van der Waals surface area contributed by atoms with Crippen LogP contribution in [0.25, 0.3) is 0 Å². The third kappa shape index (κ3) is 3.84.